The summed E-state index contributed by atoms with van der Waals surface area (Å²) in [5.41, 5.74) is 2.49. The van der Waals surface area contributed by atoms with Crippen LogP contribution >= 0.6 is 11.6 Å². The molecule has 6 rings (SSSR count). The zero-order chi connectivity index (χ0) is 25.2. The molecule has 0 unspecified atom stereocenters. The Morgan fingerprint density at radius 3 is 2.64 bits per heavy atom. The van der Waals surface area contributed by atoms with Crippen LogP contribution in [0.15, 0.2) is 42.5 Å². The highest BCUT2D eigenvalue weighted by atomic mass is 35.5. The van der Waals surface area contributed by atoms with Gasteiger partial charge in [0.1, 0.15) is 17.3 Å². The van der Waals surface area contributed by atoms with Crippen LogP contribution in [0, 0.1) is 5.92 Å². The van der Waals surface area contributed by atoms with Crippen molar-refractivity contribution >= 4 is 34.4 Å². The van der Waals surface area contributed by atoms with Crippen LogP contribution in [0.3, 0.4) is 0 Å². The molecule has 3 aliphatic rings. The van der Waals surface area contributed by atoms with Gasteiger partial charge in [0.25, 0.3) is 5.91 Å². The van der Waals surface area contributed by atoms with Crippen molar-refractivity contribution in [2.24, 2.45) is 5.92 Å². The number of nitrogens with one attached hydrogen (secondary N) is 1. The number of piperidine rings is 1. The topological polar surface area (TPSA) is 79.9 Å². The summed E-state index contributed by atoms with van der Waals surface area (Å²) in [6.07, 6.45) is 2.70. The molecule has 3 amide bonds. The molecule has 3 aromatic rings. The van der Waals surface area contributed by atoms with E-state index in [0.29, 0.717) is 24.5 Å². The summed E-state index contributed by atoms with van der Waals surface area (Å²) in [6.45, 7) is 7.22. The largest absolute Gasteiger partial charge is 0.508 e. The van der Waals surface area contributed by atoms with Gasteiger partial charge in [0.05, 0.1) is 0 Å². The second kappa shape index (κ2) is 8.53. The fourth-order valence-electron chi connectivity index (χ4n) is 6.25. The third-order valence-corrected chi connectivity index (χ3v) is 8.57. The van der Waals surface area contributed by atoms with Crippen LogP contribution in [0.5, 0.6) is 5.75 Å². The van der Waals surface area contributed by atoms with Gasteiger partial charge in [-0.3, -0.25) is 14.6 Å². The van der Waals surface area contributed by atoms with Gasteiger partial charge < -0.3 is 15.0 Å². The van der Waals surface area contributed by atoms with E-state index in [9.17, 15) is 14.7 Å². The number of phenols is 1. The van der Waals surface area contributed by atoms with Crippen molar-refractivity contribution in [2.75, 3.05) is 26.2 Å². The van der Waals surface area contributed by atoms with Crippen LogP contribution in [0.4, 0.5) is 4.79 Å². The monoisotopic (exact) mass is 506 g/mol. The lowest BCUT2D eigenvalue weighted by Crippen LogP contribution is -2.53. The first kappa shape index (κ1) is 23.4. The third kappa shape index (κ3) is 3.59. The first-order chi connectivity index (χ1) is 17.3. The zero-order valence-corrected chi connectivity index (χ0v) is 21.4. The number of amides is 3. The number of carbonyl (C=O) groups is 2. The number of hydrogen-bond donors (Lipinski definition) is 2. The molecule has 4 heterocycles. The average molecular weight is 507 g/mol. The Kier molecular flexibility index (Phi) is 5.54. The number of aromatic amines is 1. The molecule has 0 saturated carbocycles. The number of imide groups is 1. The van der Waals surface area contributed by atoms with Crippen molar-refractivity contribution in [3.63, 3.8) is 0 Å². The molecule has 0 radical (unpaired) electrons. The Morgan fingerprint density at radius 1 is 1.11 bits per heavy atom. The second-order valence-corrected chi connectivity index (χ2v) is 11.2. The smallest absolute Gasteiger partial charge is 0.328 e. The van der Waals surface area contributed by atoms with Crippen LogP contribution in [-0.4, -0.2) is 68.4 Å². The summed E-state index contributed by atoms with van der Waals surface area (Å²) in [6, 6.07) is 11.8. The van der Waals surface area contributed by atoms with Gasteiger partial charge in [0.15, 0.2) is 0 Å². The fourth-order valence-corrected chi connectivity index (χ4v) is 6.42. The van der Waals surface area contributed by atoms with E-state index in [0.717, 1.165) is 59.6 Å². The summed E-state index contributed by atoms with van der Waals surface area (Å²) in [5, 5.41) is 11.9. The summed E-state index contributed by atoms with van der Waals surface area (Å²) in [7, 11) is 0. The number of phenolic OH excluding ortho intramolecular Hbond substituents is 1. The van der Waals surface area contributed by atoms with E-state index in [1.807, 2.05) is 31.2 Å². The summed E-state index contributed by atoms with van der Waals surface area (Å²) in [5.74, 6) is 0.685. The normalized spacial score (nSPS) is 25.0. The summed E-state index contributed by atoms with van der Waals surface area (Å²) >= 11 is 6.35. The molecular weight excluding hydrogens is 476 g/mol. The van der Waals surface area contributed by atoms with Gasteiger partial charge in [-0.05, 0) is 80.2 Å². The zero-order valence-electron chi connectivity index (χ0n) is 20.6. The first-order valence-corrected chi connectivity index (χ1v) is 13.1. The predicted octanol–water partition coefficient (Wildman–Crippen LogP) is 4.93. The molecule has 0 bridgehead atoms. The van der Waals surface area contributed by atoms with Gasteiger partial charge in [-0.25, -0.2) is 4.79 Å². The molecule has 36 heavy (non-hydrogen) atoms. The maximum Gasteiger partial charge on any atom is 0.328 e. The minimum absolute atomic E-state index is 0.120. The van der Waals surface area contributed by atoms with E-state index >= 15 is 0 Å². The Labute approximate surface area is 215 Å². The second-order valence-electron chi connectivity index (χ2n) is 10.8. The number of benzene rings is 2. The number of halogens is 1. The van der Waals surface area contributed by atoms with Crippen molar-refractivity contribution in [1.82, 2.24) is 19.7 Å². The van der Waals surface area contributed by atoms with E-state index in [2.05, 4.69) is 16.8 Å². The van der Waals surface area contributed by atoms with Gasteiger partial charge in [0.2, 0.25) is 0 Å². The van der Waals surface area contributed by atoms with Crippen LogP contribution < -0.4 is 0 Å². The Hall–Kier alpha value is -3.03. The SMILES string of the molecule is CC1CCN(CCN2C(=O)N3[C@H](c4cccc(O)c4)c4[nH]c5ccc(Cl)cc5c4C[C@@]3(C)C2=O)CC1. The number of fused-ring (bicyclic) bond motifs is 4. The van der Waals surface area contributed by atoms with E-state index in [1.54, 1.807) is 23.1 Å². The summed E-state index contributed by atoms with van der Waals surface area (Å²) in [4.78, 5) is 36.9. The first-order valence-electron chi connectivity index (χ1n) is 12.7. The lowest BCUT2D eigenvalue weighted by Gasteiger charge is -2.42. The van der Waals surface area contributed by atoms with E-state index < -0.39 is 11.6 Å². The highest BCUT2D eigenvalue weighted by Gasteiger charge is 2.60. The van der Waals surface area contributed by atoms with Gasteiger partial charge in [-0.2, -0.15) is 0 Å². The van der Waals surface area contributed by atoms with Gasteiger partial charge in [-0.15, -0.1) is 0 Å². The highest BCUT2D eigenvalue weighted by molar-refractivity contribution is 6.31. The number of hydrogen-bond acceptors (Lipinski definition) is 4. The minimum Gasteiger partial charge on any atom is -0.508 e. The third-order valence-electron chi connectivity index (χ3n) is 8.33. The van der Waals surface area contributed by atoms with Crippen LogP contribution in [0.1, 0.15) is 49.6 Å². The van der Waals surface area contributed by atoms with Crippen molar-refractivity contribution in [3.8, 4) is 5.75 Å². The summed E-state index contributed by atoms with van der Waals surface area (Å²) < 4.78 is 0. The van der Waals surface area contributed by atoms with Crippen molar-refractivity contribution in [3.05, 3.63) is 64.3 Å². The molecule has 2 aromatic carbocycles. The molecule has 8 heteroatoms. The minimum atomic E-state index is -1.03. The van der Waals surface area contributed by atoms with E-state index in [-0.39, 0.29) is 17.7 Å². The van der Waals surface area contributed by atoms with Gasteiger partial charge in [0, 0.05) is 41.1 Å². The number of rotatable bonds is 4. The predicted molar refractivity (Wildman–Crippen MR) is 139 cm³/mol. The Bertz CT molecular complexity index is 1360. The molecule has 2 N–H and O–H groups in total. The Morgan fingerprint density at radius 2 is 1.89 bits per heavy atom. The fraction of sp³-hybridized carbons (Fsp3) is 0.429. The number of aromatic nitrogens is 1. The molecule has 0 aliphatic carbocycles. The molecule has 2 saturated heterocycles. The molecule has 7 nitrogen and oxygen atoms in total. The quantitative estimate of drug-likeness (QED) is 0.492. The molecule has 3 aliphatic heterocycles. The van der Waals surface area contributed by atoms with Gasteiger partial charge in [-0.1, -0.05) is 30.7 Å². The number of nitrogens with zero attached hydrogens (tertiary/aromatic N) is 3. The van der Waals surface area contributed by atoms with Crippen molar-refractivity contribution in [2.45, 2.75) is 44.7 Å². The number of carbonyl (C=O) groups excluding carboxylic acids is 2. The van der Waals surface area contributed by atoms with Crippen molar-refractivity contribution < 1.29 is 14.7 Å². The molecule has 2 atom stereocenters. The van der Waals surface area contributed by atoms with Crippen LogP contribution in [-0.2, 0) is 11.2 Å². The lowest BCUT2D eigenvalue weighted by molar-refractivity contribution is -0.133. The van der Waals surface area contributed by atoms with E-state index in [1.165, 1.54) is 4.90 Å². The molecule has 2 fully saturated rings. The number of aromatic hydroxyl groups is 1. The lowest BCUT2D eigenvalue weighted by atomic mass is 9.81. The van der Waals surface area contributed by atoms with Gasteiger partial charge >= 0.3 is 6.03 Å². The van der Waals surface area contributed by atoms with Crippen molar-refractivity contribution in [1.29, 1.82) is 0 Å². The number of H-pyrrole nitrogens is 1. The van der Waals surface area contributed by atoms with E-state index in [4.69, 9.17) is 11.6 Å². The average Bonchev–Trinajstić information content (AvgIpc) is 3.29. The van der Waals surface area contributed by atoms with Crippen LogP contribution in [0.2, 0.25) is 5.02 Å². The molecular formula is C28H31ClN4O3. The maximum atomic E-state index is 13.9. The highest BCUT2D eigenvalue weighted by Crippen LogP contribution is 2.49. The Balaban J connectivity index is 1.41. The number of urea groups is 1. The van der Waals surface area contributed by atoms with Crippen LogP contribution in [0.25, 0.3) is 10.9 Å². The number of likely N-dealkylation sites (tertiary alicyclic amines) is 1. The molecule has 188 valence electrons. The molecule has 0 spiro atoms. The maximum absolute atomic E-state index is 13.9. The standard InChI is InChI=1S/C28H31ClN4O3/c1-17-8-10-31(11-9-17)12-13-32-26(35)28(2)16-22-21-15-19(29)6-7-23(21)30-24(22)25(33(28)27(32)36)18-4-3-5-20(34)14-18/h3-7,14-15,17,25,30,34H,8-13,16H2,1-2H3/t25-,28+/m1/s1. The molecule has 1 aromatic heterocycles.